The molecule has 13 heavy (non-hydrogen) atoms. The Bertz CT molecular complexity index is 165. The molecule has 4 heteroatoms. The van der Waals surface area contributed by atoms with Crippen molar-refractivity contribution < 1.29 is 9.53 Å². The Morgan fingerprint density at radius 1 is 1.54 bits per heavy atom. The first-order valence-electron chi connectivity index (χ1n) is 4.73. The SMILES string of the molecule is CNCC(=O)N1CCC(OC)CC1. The van der Waals surface area contributed by atoms with E-state index in [1.165, 1.54) is 0 Å². The number of hydrogen-bond acceptors (Lipinski definition) is 3. The molecule has 0 aromatic rings. The maximum atomic E-state index is 11.4. The second-order valence-electron chi connectivity index (χ2n) is 3.35. The summed E-state index contributed by atoms with van der Waals surface area (Å²) in [4.78, 5) is 13.3. The van der Waals surface area contributed by atoms with Crippen molar-refractivity contribution in [3.63, 3.8) is 0 Å². The molecule has 4 nitrogen and oxygen atoms in total. The average Bonchev–Trinajstić information content (AvgIpc) is 2.18. The van der Waals surface area contributed by atoms with Crippen molar-refractivity contribution in [3.8, 4) is 0 Å². The van der Waals surface area contributed by atoms with E-state index in [0.717, 1.165) is 25.9 Å². The third-order valence-corrected chi connectivity index (χ3v) is 2.46. The third kappa shape index (κ3) is 2.97. The van der Waals surface area contributed by atoms with Crippen LogP contribution < -0.4 is 5.32 Å². The van der Waals surface area contributed by atoms with E-state index in [-0.39, 0.29) is 5.91 Å². The minimum atomic E-state index is 0.192. The van der Waals surface area contributed by atoms with Gasteiger partial charge in [0.1, 0.15) is 0 Å². The first kappa shape index (κ1) is 10.5. The summed E-state index contributed by atoms with van der Waals surface area (Å²) in [6, 6.07) is 0. The Balaban J connectivity index is 2.28. The van der Waals surface area contributed by atoms with Crippen LogP contribution in [0.15, 0.2) is 0 Å². The van der Waals surface area contributed by atoms with E-state index in [1.54, 1.807) is 14.2 Å². The molecule has 1 rings (SSSR count). The largest absolute Gasteiger partial charge is 0.381 e. The molecule has 0 atom stereocenters. The predicted molar refractivity (Wildman–Crippen MR) is 50.5 cm³/mol. The summed E-state index contributed by atoms with van der Waals surface area (Å²) >= 11 is 0. The molecule has 0 spiro atoms. The minimum absolute atomic E-state index is 0.192. The number of ether oxygens (including phenoxy) is 1. The van der Waals surface area contributed by atoms with Gasteiger partial charge in [0.25, 0.3) is 0 Å². The average molecular weight is 186 g/mol. The quantitative estimate of drug-likeness (QED) is 0.666. The zero-order chi connectivity index (χ0) is 9.68. The normalized spacial score (nSPS) is 19.1. The van der Waals surface area contributed by atoms with Gasteiger partial charge in [0.2, 0.25) is 5.91 Å². The maximum Gasteiger partial charge on any atom is 0.236 e. The number of hydrogen-bond donors (Lipinski definition) is 1. The van der Waals surface area contributed by atoms with E-state index < -0.39 is 0 Å². The monoisotopic (exact) mass is 186 g/mol. The molecule has 0 aromatic carbocycles. The number of likely N-dealkylation sites (N-methyl/N-ethyl adjacent to an activating group) is 1. The molecule has 1 aliphatic rings. The van der Waals surface area contributed by atoms with E-state index in [1.807, 2.05) is 4.90 Å². The fourth-order valence-corrected chi connectivity index (χ4v) is 1.60. The number of amides is 1. The Labute approximate surface area is 79.2 Å². The van der Waals surface area contributed by atoms with Gasteiger partial charge in [-0.1, -0.05) is 0 Å². The summed E-state index contributed by atoms with van der Waals surface area (Å²) in [7, 11) is 3.52. The van der Waals surface area contributed by atoms with Crippen LogP contribution in [-0.4, -0.2) is 50.7 Å². The number of likely N-dealkylation sites (tertiary alicyclic amines) is 1. The molecule has 76 valence electrons. The lowest BCUT2D eigenvalue weighted by Crippen LogP contribution is -2.43. The zero-order valence-corrected chi connectivity index (χ0v) is 8.38. The highest BCUT2D eigenvalue weighted by Gasteiger charge is 2.21. The van der Waals surface area contributed by atoms with Crippen molar-refractivity contribution in [1.29, 1.82) is 0 Å². The van der Waals surface area contributed by atoms with Gasteiger partial charge in [-0.3, -0.25) is 4.79 Å². The van der Waals surface area contributed by atoms with Gasteiger partial charge in [-0.05, 0) is 19.9 Å². The fraction of sp³-hybridized carbons (Fsp3) is 0.889. The molecule has 1 fully saturated rings. The fourth-order valence-electron chi connectivity index (χ4n) is 1.60. The van der Waals surface area contributed by atoms with Crippen LogP contribution in [0.25, 0.3) is 0 Å². The molecule has 0 radical (unpaired) electrons. The highest BCUT2D eigenvalue weighted by Crippen LogP contribution is 2.12. The van der Waals surface area contributed by atoms with Crippen molar-refractivity contribution in [3.05, 3.63) is 0 Å². The molecular formula is C9H18N2O2. The molecular weight excluding hydrogens is 168 g/mol. The van der Waals surface area contributed by atoms with Gasteiger partial charge in [-0.2, -0.15) is 0 Å². The summed E-state index contributed by atoms with van der Waals surface area (Å²) in [6.07, 6.45) is 2.27. The van der Waals surface area contributed by atoms with Gasteiger partial charge >= 0.3 is 0 Å². The van der Waals surface area contributed by atoms with Crippen molar-refractivity contribution >= 4 is 5.91 Å². The number of rotatable bonds is 3. The molecule has 1 aliphatic heterocycles. The van der Waals surface area contributed by atoms with Gasteiger partial charge in [-0.25, -0.2) is 0 Å². The lowest BCUT2D eigenvalue weighted by atomic mass is 10.1. The van der Waals surface area contributed by atoms with Crippen LogP contribution in [0.2, 0.25) is 0 Å². The van der Waals surface area contributed by atoms with Gasteiger partial charge in [0.05, 0.1) is 12.6 Å². The van der Waals surface area contributed by atoms with Gasteiger partial charge in [0.15, 0.2) is 0 Å². The molecule has 1 heterocycles. The van der Waals surface area contributed by atoms with E-state index >= 15 is 0 Å². The van der Waals surface area contributed by atoms with E-state index in [0.29, 0.717) is 12.6 Å². The molecule has 1 N–H and O–H groups in total. The number of nitrogens with one attached hydrogen (secondary N) is 1. The minimum Gasteiger partial charge on any atom is -0.381 e. The van der Waals surface area contributed by atoms with Crippen molar-refractivity contribution in [2.45, 2.75) is 18.9 Å². The van der Waals surface area contributed by atoms with Crippen molar-refractivity contribution in [1.82, 2.24) is 10.2 Å². The van der Waals surface area contributed by atoms with Crippen molar-refractivity contribution in [2.24, 2.45) is 0 Å². The summed E-state index contributed by atoms with van der Waals surface area (Å²) in [5, 5.41) is 2.87. The van der Waals surface area contributed by atoms with E-state index in [2.05, 4.69) is 5.32 Å². The van der Waals surface area contributed by atoms with E-state index in [9.17, 15) is 4.79 Å². The van der Waals surface area contributed by atoms with Crippen LogP contribution in [0.4, 0.5) is 0 Å². The van der Waals surface area contributed by atoms with Crippen LogP contribution in [0.1, 0.15) is 12.8 Å². The first-order chi connectivity index (χ1) is 6.27. The molecule has 0 aromatic heterocycles. The smallest absolute Gasteiger partial charge is 0.236 e. The Morgan fingerprint density at radius 3 is 2.62 bits per heavy atom. The lowest BCUT2D eigenvalue weighted by Gasteiger charge is -2.31. The predicted octanol–water partition coefficient (Wildman–Crippen LogP) is -0.157. The van der Waals surface area contributed by atoms with Crippen LogP contribution in [-0.2, 0) is 9.53 Å². The molecule has 1 saturated heterocycles. The molecule has 0 aliphatic carbocycles. The number of methoxy groups -OCH3 is 1. The van der Waals surface area contributed by atoms with E-state index in [4.69, 9.17) is 4.74 Å². The van der Waals surface area contributed by atoms with Gasteiger partial charge < -0.3 is 15.0 Å². The summed E-state index contributed by atoms with van der Waals surface area (Å²) in [5.41, 5.74) is 0. The Kier molecular flexibility index (Phi) is 4.18. The second kappa shape index (κ2) is 5.19. The summed E-state index contributed by atoms with van der Waals surface area (Å²) in [5.74, 6) is 0.192. The molecule has 1 amide bonds. The highest BCUT2D eigenvalue weighted by molar-refractivity contribution is 5.78. The van der Waals surface area contributed by atoms with Crippen LogP contribution in [0.5, 0.6) is 0 Å². The van der Waals surface area contributed by atoms with Crippen LogP contribution in [0.3, 0.4) is 0 Å². The van der Waals surface area contributed by atoms with Gasteiger partial charge in [-0.15, -0.1) is 0 Å². The van der Waals surface area contributed by atoms with Crippen molar-refractivity contribution in [2.75, 3.05) is 33.8 Å². The Hall–Kier alpha value is -0.610. The number of nitrogens with zero attached hydrogens (tertiary/aromatic N) is 1. The van der Waals surface area contributed by atoms with Gasteiger partial charge in [0, 0.05) is 20.2 Å². The molecule has 0 saturated carbocycles. The van der Waals surface area contributed by atoms with Crippen LogP contribution >= 0.6 is 0 Å². The highest BCUT2D eigenvalue weighted by atomic mass is 16.5. The molecule has 0 unspecified atom stereocenters. The number of carbonyl (C=O) groups excluding carboxylic acids is 1. The second-order valence-corrected chi connectivity index (χ2v) is 3.35. The number of piperidine rings is 1. The first-order valence-corrected chi connectivity index (χ1v) is 4.73. The summed E-state index contributed by atoms with van der Waals surface area (Å²) in [6.45, 7) is 2.11. The molecule has 0 bridgehead atoms. The topological polar surface area (TPSA) is 41.6 Å². The standard InChI is InChI=1S/C9H18N2O2/c1-10-7-9(12)11-5-3-8(13-2)4-6-11/h8,10H,3-7H2,1-2H3. The van der Waals surface area contributed by atoms with Crippen LogP contribution in [0, 0.1) is 0 Å². The Morgan fingerprint density at radius 2 is 2.15 bits per heavy atom. The third-order valence-electron chi connectivity index (χ3n) is 2.46. The zero-order valence-electron chi connectivity index (χ0n) is 8.38. The maximum absolute atomic E-state index is 11.4. The number of carbonyl (C=O) groups is 1. The summed E-state index contributed by atoms with van der Waals surface area (Å²) < 4.78 is 5.23. The lowest BCUT2D eigenvalue weighted by molar-refractivity contribution is -0.132.